The number of amides is 2. The topological polar surface area (TPSA) is 32.3 Å². The molecule has 3 nitrogen and oxygen atoms in total. The number of nitrogens with zero attached hydrogens (tertiary/aromatic N) is 1. The predicted molar refractivity (Wildman–Crippen MR) is 90.3 cm³/mol. The van der Waals surface area contributed by atoms with E-state index in [0.717, 1.165) is 41.2 Å². The van der Waals surface area contributed by atoms with Crippen molar-refractivity contribution in [1.82, 2.24) is 4.90 Å². The van der Waals surface area contributed by atoms with Gasteiger partial charge in [0.1, 0.15) is 0 Å². The fourth-order valence-corrected chi connectivity index (χ4v) is 3.09. The first-order valence-corrected chi connectivity index (χ1v) is 7.91. The van der Waals surface area contributed by atoms with Crippen LogP contribution in [0.15, 0.2) is 48.5 Å². The van der Waals surface area contributed by atoms with Gasteiger partial charge in [0.2, 0.25) is 0 Å². The highest BCUT2D eigenvalue weighted by atomic mass is 35.5. The second-order valence-corrected chi connectivity index (χ2v) is 6.14. The number of rotatable bonds is 2. The summed E-state index contributed by atoms with van der Waals surface area (Å²) in [6, 6.07) is 15.7. The monoisotopic (exact) mass is 314 g/mol. The average Bonchev–Trinajstić information content (AvgIpc) is 2.97. The summed E-state index contributed by atoms with van der Waals surface area (Å²) in [5.74, 6) is 0. The van der Waals surface area contributed by atoms with Gasteiger partial charge in [-0.1, -0.05) is 35.9 Å². The van der Waals surface area contributed by atoms with E-state index >= 15 is 0 Å². The summed E-state index contributed by atoms with van der Waals surface area (Å²) < 4.78 is 0. The minimum atomic E-state index is -0.0388. The zero-order valence-corrected chi connectivity index (χ0v) is 13.3. The third kappa shape index (κ3) is 3.25. The molecule has 3 rings (SSSR count). The van der Waals surface area contributed by atoms with Crippen LogP contribution in [-0.4, -0.2) is 17.5 Å². The summed E-state index contributed by atoms with van der Waals surface area (Å²) in [7, 11) is 0. The van der Waals surface area contributed by atoms with Crippen LogP contribution in [0.1, 0.15) is 30.0 Å². The molecule has 1 aliphatic heterocycles. The van der Waals surface area contributed by atoms with E-state index < -0.39 is 0 Å². The van der Waals surface area contributed by atoms with Gasteiger partial charge in [0.05, 0.1) is 6.04 Å². The standard InChI is InChI=1S/C18H19ClN2O/c1-13-4-2-5-16(12-13)20-18(22)21-11-3-6-17(21)14-7-9-15(19)10-8-14/h2,4-5,7-10,12,17H,3,6,11H2,1H3,(H,20,22)/t17-/m1/s1. The zero-order chi connectivity index (χ0) is 15.5. The second-order valence-electron chi connectivity index (χ2n) is 5.70. The first-order valence-electron chi connectivity index (χ1n) is 7.53. The van der Waals surface area contributed by atoms with Gasteiger partial charge in [0.25, 0.3) is 0 Å². The van der Waals surface area contributed by atoms with Crippen molar-refractivity contribution in [2.75, 3.05) is 11.9 Å². The number of hydrogen-bond acceptors (Lipinski definition) is 1. The molecule has 4 heteroatoms. The Morgan fingerprint density at radius 1 is 1.23 bits per heavy atom. The molecule has 2 aromatic carbocycles. The number of aryl methyl sites for hydroxylation is 1. The molecule has 1 heterocycles. The highest BCUT2D eigenvalue weighted by Gasteiger charge is 2.29. The Kier molecular flexibility index (Phi) is 4.34. The first-order chi connectivity index (χ1) is 10.6. The minimum absolute atomic E-state index is 0.0388. The summed E-state index contributed by atoms with van der Waals surface area (Å²) in [5.41, 5.74) is 3.11. The van der Waals surface area contributed by atoms with Crippen LogP contribution in [0.5, 0.6) is 0 Å². The van der Waals surface area contributed by atoms with Crippen LogP contribution in [0.3, 0.4) is 0 Å². The number of benzene rings is 2. The minimum Gasteiger partial charge on any atom is -0.317 e. The van der Waals surface area contributed by atoms with Crippen LogP contribution in [0, 0.1) is 6.92 Å². The van der Waals surface area contributed by atoms with Gasteiger partial charge in [-0.15, -0.1) is 0 Å². The van der Waals surface area contributed by atoms with Crippen molar-refractivity contribution < 1.29 is 4.79 Å². The van der Waals surface area contributed by atoms with Gasteiger partial charge in [-0.05, 0) is 55.2 Å². The Bertz CT molecular complexity index is 669. The number of halogens is 1. The summed E-state index contributed by atoms with van der Waals surface area (Å²) in [4.78, 5) is 14.5. The van der Waals surface area contributed by atoms with Crippen LogP contribution < -0.4 is 5.32 Å². The Labute approximate surface area is 135 Å². The van der Waals surface area contributed by atoms with Crippen LogP contribution in [0.4, 0.5) is 10.5 Å². The molecule has 1 N–H and O–H groups in total. The van der Waals surface area contributed by atoms with Gasteiger partial charge >= 0.3 is 6.03 Å². The van der Waals surface area contributed by atoms with Gasteiger partial charge in [-0.3, -0.25) is 0 Å². The molecule has 1 aliphatic rings. The molecule has 0 aromatic heterocycles. The third-order valence-electron chi connectivity index (χ3n) is 4.04. The maximum absolute atomic E-state index is 12.6. The molecule has 0 radical (unpaired) electrons. The van der Waals surface area contributed by atoms with Crippen molar-refractivity contribution in [3.63, 3.8) is 0 Å². The quantitative estimate of drug-likeness (QED) is 0.829. The number of anilines is 1. The van der Waals surface area contributed by atoms with Crippen LogP contribution in [-0.2, 0) is 0 Å². The Morgan fingerprint density at radius 3 is 2.73 bits per heavy atom. The molecule has 1 saturated heterocycles. The lowest BCUT2D eigenvalue weighted by molar-refractivity contribution is 0.207. The zero-order valence-electron chi connectivity index (χ0n) is 12.6. The van der Waals surface area contributed by atoms with E-state index in [1.165, 1.54) is 0 Å². The molecule has 1 atom stereocenters. The molecule has 22 heavy (non-hydrogen) atoms. The van der Waals surface area contributed by atoms with Crippen molar-refractivity contribution in [3.8, 4) is 0 Å². The first kappa shape index (κ1) is 14.9. The maximum Gasteiger partial charge on any atom is 0.322 e. The van der Waals surface area contributed by atoms with Crippen molar-refractivity contribution in [1.29, 1.82) is 0 Å². The smallest absolute Gasteiger partial charge is 0.317 e. The molecule has 2 amide bonds. The molecule has 0 spiro atoms. The number of likely N-dealkylation sites (tertiary alicyclic amines) is 1. The summed E-state index contributed by atoms with van der Waals surface area (Å²) in [6.45, 7) is 2.80. The normalized spacial score (nSPS) is 17.5. The van der Waals surface area contributed by atoms with Gasteiger partial charge < -0.3 is 10.2 Å². The largest absolute Gasteiger partial charge is 0.322 e. The number of hydrogen-bond donors (Lipinski definition) is 1. The molecule has 1 fully saturated rings. The van der Waals surface area contributed by atoms with Crippen molar-refractivity contribution in [3.05, 3.63) is 64.7 Å². The number of urea groups is 1. The van der Waals surface area contributed by atoms with E-state index in [1.807, 2.05) is 60.4 Å². The molecule has 0 bridgehead atoms. The Morgan fingerprint density at radius 2 is 2.00 bits per heavy atom. The number of carbonyl (C=O) groups excluding carboxylic acids is 1. The lowest BCUT2D eigenvalue weighted by Crippen LogP contribution is -2.34. The van der Waals surface area contributed by atoms with E-state index in [9.17, 15) is 4.79 Å². The van der Waals surface area contributed by atoms with Gasteiger partial charge in [-0.2, -0.15) is 0 Å². The molecule has 0 unspecified atom stereocenters. The van der Waals surface area contributed by atoms with E-state index in [2.05, 4.69) is 5.32 Å². The highest BCUT2D eigenvalue weighted by Crippen LogP contribution is 2.32. The Hall–Kier alpha value is -2.00. The number of nitrogens with one attached hydrogen (secondary N) is 1. The number of carbonyl (C=O) groups is 1. The SMILES string of the molecule is Cc1cccc(NC(=O)N2CCC[C@@H]2c2ccc(Cl)cc2)c1. The van der Waals surface area contributed by atoms with Crippen molar-refractivity contribution in [2.45, 2.75) is 25.8 Å². The van der Waals surface area contributed by atoms with Crippen molar-refractivity contribution >= 4 is 23.3 Å². The second kappa shape index (κ2) is 6.41. The van der Waals surface area contributed by atoms with Gasteiger partial charge in [0, 0.05) is 17.3 Å². The third-order valence-corrected chi connectivity index (χ3v) is 4.29. The van der Waals surface area contributed by atoms with Crippen LogP contribution in [0.2, 0.25) is 5.02 Å². The summed E-state index contributed by atoms with van der Waals surface area (Å²) in [6.07, 6.45) is 2.01. The molecule has 114 valence electrons. The van der Waals surface area contributed by atoms with Gasteiger partial charge in [0.15, 0.2) is 0 Å². The van der Waals surface area contributed by atoms with E-state index in [1.54, 1.807) is 0 Å². The molecular weight excluding hydrogens is 296 g/mol. The van der Waals surface area contributed by atoms with Crippen LogP contribution >= 0.6 is 11.6 Å². The Balaban J connectivity index is 1.75. The highest BCUT2D eigenvalue weighted by molar-refractivity contribution is 6.30. The van der Waals surface area contributed by atoms with Gasteiger partial charge in [-0.25, -0.2) is 4.79 Å². The molecule has 0 aliphatic carbocycles. The maximum atomic E-state index is 12.6. The molecule has 2 aromatic rings. The lowest BCUT2D eigenvalue weighted by atomic mass is 10.1. The van der Waals surface area contributed by atoms with Crippen LogP contribution in [0.25, 0.3) is 0 Å². The molecular formula is C18H19ClN2O. The lowest BCUT2D eigenvalue weighted by Gasteiger charge is -2.25. The molecule has 0 saturated carbocycles. The van der Waals surface area contributed by atoms with Crippen molar-refractivity contribution in [2.24, 2.45) is 0 Å². The average molecular weight is 315 g/mol. The fraction of sp³-hybridized carbons (Fsp3) is 0.278. The summed E-state index contributed by atoms with van der Waals surface area (Å²) >= 11 is 5.95. The fourth-order valence-electron chi connectivity index (χ4n) is 2.96. The van der Waals surface area contributed by atoms with E-state index in [4.69, 9.17) is 11.6 Å². The predicted octanol–water partition coefficient (Wildman–Crippen LogP) is 5.02. The van der Waals surface area contributed by atoms with E-state index in [-0.39, 0.29) is 12.1 Å². The summed E-state index contributed by atoms with van der Waals surface area (Å²) in [5, 5.41) is 3.72. The van der Waals surface area contributed by atoms with E-state index in [0.29, 0.717) is 0 Å².